The Kier molecular flexibility index (Phi) is 3.97. The Hall–Kier alpha value is -1.13. The summed E-state index contributed by atoms with van der Waals surface area (Å²) in [6.07, 6.45) is 0. The molecule has 1 aliphatic heterocycles. The zero-order valence-electron chi connectivity index (χ0n) is 10.4. The maximum atomic E-state index is 13.4. The predicted molar refractivity (Wildman–Crippen MR) is 65.8 cm³/mol. The van der Waals surface area contributed by atoms with Crippen LogP contribution >= 0.6 is 0 Å². The molecule has 1 saturated heterocycles. The standard InChI is InChI=1S/C13H19FN2O/c1-10-11(7-12(14)8-13(10)17-2)9-16-5-3-15-4-6-16/h7-8,15H,3-6,9H2,1-2H3. The summed E-state index contributed by atoms with van der Waals surface area (Å²) < 4.78 is 18.6. The van der Waals surface area contributed by atoms with E-state index in [1.165, 1.54) is 6.07 Å². The first-order valence-corrected chi connectivity index (χ1v) is 5.97. The van der Waals surface area contributed by atoms with E-state index >= 15 is 0 Å². The normalized spacial score (nSPS) is 17.1. The van der Waals surface area contributed by atoms with Gasteiger partial charge in [-0.1, -0.05) is 0 Å². The lowest BCUT2D eigenvalue weighted by Gasteiger charge is -2.28. The van der Waals surface area contributed by atoms with Crippen molar-refractivity contribution in [3.63, 3.8) is 0 Å². The Morgan fingerprint density at radius 3 is 2.71 bits per heavy atom. The molecular formula is C13H19FN2O. The molecule has 0 aliphatic carbocycles. The predicted octanol–water partition coefficient (Wildman–Crippen LogP) is 1.55. The second-order valence-electron chi connectivity index (χ2n) is 4.42. The van der Waals surface area contributed by atoms with E-state index in [9.17, 15) is 4.39 Å². The second kappa shape index (κ2) is 5.47. The Morgan fingerprint density at radius 1 is 1.35 bits per heavy atom. The zero-order chi connectivity index (χ0) is 12.3. The Bertz CT molecular complexity index is 389. The van der Waals surface area contributed by atoms with Crippen molar-refractivity contribution in [1.82, 2.24) is 10.2 Å². The molecule has 3 nitrogen and oxygen atoms in total. The minimum absolute atomic E-state index is 0.224. The van der Waals surface area contributed by atoms with Crippen LogP contribution in [0, 0.1) is 12.7 Å². The van der Waals surface area contributed by atoms with E-state index in [-0.39, 0.29) is 5.82 Å². The first-order chi connectivity index (χ1) is 8.20. The van der Waals surface area contributed by atoms with E-state index in [0.29, 0.717) is 5.75 Å². The van der Waals surface area contributed by atoms with Crippen LogP contribution < -0.4 is 10.1 Å². The van der Waals surface area contributed by atoms with Gasteiger partial charge in [-0.15, -0.1) is 0 Å². The summed E-state index contributed by atoms with van der Waals surface area (Å²) in [7, 11) is 1.58. The third-order valence-corrected chi connectivity index (χ3v) is 3.26. The molecule has 0 aromatic heterocycles. The van der Waals surface area contributed by atoms with Gasteiger partial charge in [0.2, 0.25) is 0 Å². The number of piperazine rings is 1. The van der Waals surface area contributed by atoms with E-state index in [0.717, 1.165) is 43.9 Å². The SMILES string of the molecule is COc1cc(F)cc(CN2CCNCC2)c1C. The molecule has 2 rings (SSSR count). The summed E-state index contributed by atoms with van der Waals surface area (Å²) in [5, 5.41) is 3.31. The van der Waals surface area contributed by atoms with Gasteiger partial charge in [-0.3, -0.25) is 4.90 Å². The molecule has 1 aromatic rings. The molecule has 0 bridgehead atoms. The van der Waals surface area contributed by atoms with Gasteiger partial charge in [0.15, 0.2) is 0 Å². The van der Waals surface area contributed by atoms with Crippen molar-refractivity contribution >= 4 is 0 Å². The van der Waals surface area contributed by atoms with Gasteiger partial charge >= 0.3 is 0 Å². The molecule has 1 heterocycles. The third kappa shape index (κ3) is 2.96. The molecule has 0 spiro atoms. The Labute approximate surface area is 102 Å². The summed E-state index contributed by atoms with van der Waals surface area (Å²) >= 11 is 0. The highest BCUT2D eigenvalue weighted by atomic mass is 19.1. The van der Waals surface area contributed by atoms with Crippen LogP contribution in [0.25, 0.3) is 0 Å². The highest BCUT2D eigenvalue weighted by molar-refractivity contribution is 5.39. The molecule has 0 unspecified atom stereocenters. The number of rotatable bonds is 3. The minimum Gasteiger partial charge on any atom is -0.496 e. The first kappa shape index (κ1) is 12.3. The largest absolute Gasteiger partial charge is 0.496 e. The molecule has 4 heteroatoms. The number of methoxy groups -OCH3 is 1. The van der Waals surface area contributed by atoms with Crippen LogP contribution in [0.15, 0.2) is 12.1 Å². The summed E-state index contributed by atoms with van der Waals surface area (Å²) in [5.74, 6) is 0.410. The monoisotopic (exact) mass is 238 g/mol. The average Bonchev–Trinajstić information content (AvgIpc) is 2.34. The van der Waals surface area contributed by atoms with Crippen LogP contribution in [0.1, 0.15) is 11.1 Å². The zero-order valence-corrected chi connectivity index (χ0v) is 10.4. The summed E-state index contributed by atoms with van der Waals surface area (Å²) in [6.45, 7) is 6.81. The molecule has 1 fully saturated rings. The number of nitrogens with one attached hydrogen (secondary N) is 1. The van der Waals surface area contributed by atoms with Crippen molar-refractivity contribution in [3.05, 3.63) is 29.1 Å². The van der Waals surface area contributed by atoms with E-state index in [1.807, 2.05) is 6.92 Å². The highest BCUT2D eigenvalue weighted by Crippen LogP contribution is 2.24. The van der Waals surface area contributed by atoms with Gasteiger partial charge in [0.05, 0.1) is 7.11 Å². The lowest BCUT2D eigenvalue weighted by Crippen LogP contribution is -2.43. The van der Waals surface area contributed by atoms with Crippen molar-refractivity contribution in [3.8, 4) is 5.75 Å². The van der Waals surface area contributed by atoms with Gasteiger partial charge in [-0.2, -0.15) is 0 Å². The maximum absolute atomic E-state index is 13.4. The van der Waals surface area contributed by atoms with Gasteiger partial charge in [0.1, 0.15) is 11.6 Å². The first-order valence-electron chi connectivity index (χ1n) is 5.97. The number of hydrogen-bond acceptors (Lipinski definition) is 3. The molecule has 17 heavy (non-hydrogen) atoms. The molecule has 1 N–H and O–H groups in total. The van der Waals surface area contributed by atoms with Crippen LogP contribution in [0.4, 0.5) is 4.39 Å². The summed E-state index contributed by atoms with van der Waals surface area (Å²) in [5.41, 5.74) is 2.05. The fourth-order valence-corrected chi connectivity index (χ4v) is 2.19. The number of ether oxygens (including phenoxy) is 1. The number of halogens is 1. The van der Waals surface area contributed by atoms with Crippen LogP contribution in [0.5, 0.6) is 5.75 Å². The number of hydrogen-bond donors (Lipinski definition) is 1. The molecule has 94 valence electrons. The Balaban J connectivity index is 2.16. The van der Waals surface area contributed by atoms with Crippen molar-refractivity contribution in [2.45, 2.75) is 13.5 Å². The second-order valence-corrected chi connectivity index (χ2v) is 4.42. The van der Waals surface area contributed by atoms with E-state index < -0.39 is 0 Å². The number of benzene rings is 1. The molecular weight excluding hydrogens is 219 g/mol. The van der Waals surface area contributed by atoms with Gasteiger partial charge in [0, 0.05) is 38.8 Å². The summed E-state index contributed by atoms with van der Waals surface area (Å²) in [4.78, 5) is 2.33. The lowest BCUT2D eigenvalue weighted by molar-refractivity contribution is 0.232. The van der Waals surface area contributed by atoms with Crippen LogP contribution in [-0.2, 0) is 6.54 Å². The fourth-order valence-electron chi connectivity index (χ4n) is 2.19. The maximum Gasteiger partial charge on any atom is 0.127 e. The van der Waals surface area contributed by atoms with Gasteiger partial charge in [-0.25, -0.2) is 4.39 Å². The van der Waals surface area contributed by atoms with Crippen molar-refractivity contribution < 1.29 is 9.13 Å². The minimum atomic E-state index is -0.224. The highest BCUT2D eigenvalue weighted by Gasteiger charge is 2.14. The topological polar surface area (TPSA) is 24.5 Å². The van der Waals surface area contributed by atoms with E-state index in [2.05, 4.69) is 10.2 Å². The Morgan fingerprint density at radius 2 is 2.06 bits per heavy atom. The fraction of sp³-hybridized carbons (Fsp3) is 0.538. The van der Waals surface area contributed by atoms with Gasteiger partial charge < -0.3 is 10.1 Å². The molecule has 0 radical (unpaired) electrons. The molecule has 1 aromatic carbocycles. The smallest absolute Gasteiger partial charge is 0.127 e. The van der Waals surface area contributed by atoms with Gasteiger partial charge in [-0.05, 0) is 24.1 Å². The summed E-state index contributed by atoms with van der Waals surface area (Å²) in [6, 6.07) is 3.05. The van der Waals surface area contributed by atoms with E-state index in [1.54, 1.807) is 13.2 Å². The molecule has 0 saturated carbocycles. The van der Waals surface area contributed by atoms with Crippen LogP contribution in [-0.4, -0.2) is 38.2 Å². The van der Waals surface area contributed by atoms with Crippen LogP contribution in [0.3, 0.4) is 0 Å². The van der Waals surface area contributed by atoms with Crippen molar-refractivity contribution in [1.29, 1.82) is 0 Å². The van der Waals surface area contributed by atoms with Gasteiger partial charge in [0.25, 0.3) is 0 Å². The lowest BCUT2D eigenvalue weighted by atomic mass is 10.1. The quantitative estimate of drug-likeness (QED) is 0.864. The van der Waals surface area contributed by atoms with Crippen molar-refractivity contribution in [2.24, 2.45) is 0 Å². The molecule has 0 amide bonds. The van der Waals surface area contributed by atoms with E-state index in [4.69, 9.17) is 4.74 Å². The molecule has 1 aliphatic rings. The third-order valence-electron chi connectivity index (χ3n) is 3.26. The average molecular weight is 238 g/mol. The number of nitrogens with zero attached hydrogens (tertiary/aromatic N) is 1. The van der Waals surface area contributed by atoms with Crippen molar-refractivity contribution in [2.75, 3.05) is 33.3 Å². The molecule has 0 atom stereocenters. The van der Waals surface area contributed by atoms with Crippen LogP contribution in [0.2, 0.25) is 0 Å².